The van der Waals surface area contributed by atoms with Crippen molar-refractivity contribution < 1.29 is 48.0 Å². The summed E-state index contributed by atoms with van der Waals surface area (Å²) >= 11 is 0. The van der Waals surface area contributed by atoms with Crippen LogP contribution < -0.4 is 10.6 Å². The van der Waals surface area contributed by atoms with E-state index < -0.39 is 76.5 Å². The van der Waals surface area contributed by atoms with Crippen LogP contribution in [0.25, 0.3) is 5.76 Å². The fraction of sp³-hybridized carbons (Fsp3) is 0.519. The molecule has 6 N–H and O–H groups in total. The van der Waals surface area contributed by atoms with Crippen molar-refractivity contribution in [2.24, 2.45) is 17.6 Å². The largest absolute Gasteiger partial charge is 0.508 e. The highest BCUT2D eigenvalue weighted by molar-refractivity contribution is 6.24. The van der Waals surface area contributed by atoms with Gasteiger partial charge in [-0.25, -0.2) is 0 Å². The lowest BCUT2D eigenvalue weighted by Crippen LogP contribution is -2.65. The Balaban J connectivity index is 1.92. The Labute approximate surface area is 233 Å². The Kier molecular flexibility index (Phi) is 7.42. The minimum absolute atomic E-state index is 0.0203. The summed E-state index contributed by atoms with van der Waals surface area (Å²) in [4.78, 5) is 43.3. The fourth-order valence-corrected chi connectivity index (χ4v) is 6.70. The number of aliphatic hydroxyl groups excluding tert-OH is 2. The number of nitrogens with zero attached hydrogens (tertiary/aromatic N) is 3. The van der Waals surface area contributed by atoms with E-state index in [1.165, 1.54) is 32.1 Å². The number of primary amides is 1. The second-order valence-corrected chi connectivity index (χ2v) is 11.4. The van der Waals surface area contributed by atoms with E-state index in [4.69, 9.17) is 5.73 Å². The van der Waals surface area contributed by atoms with Crippen LogP contribution in [0.2, 0.25) is 0 Å². The van der Waals surface area contributed by atoms with Gasteiger partial charge in [-0.3, -0.25) is 24.2 Å². The van der Waals surface area contributed by atoms with Crippen molar-refractivity contribution in [2.75, 3.05) is 46.7 Å². The number of nitrogens with two attached hydrogens (primary N) is 1. The maximum atomic E-state index is 13.9. The normalized spacial score (nSPS) is 26.4. The van der Waals surface area contributed by atoms with Crippen molar-refractivity contribution in [3.63, 3.8) is 0 Å². The predicted octanol–water partition coefficient (Wildman–Crippen LogP) is 1.02. The summed E-state index contributed by atoms with van der Waals surface area (Å²) in [5.74, 6) is -7.72. The number of hydrogen-bond acceptors (Lipinski definition) is 10. The molecule has 4 atom stereocenters. The Bertz CT molecular complexity index is 1400. The van der Waals surface area contributed by atoms with Gasteiger partial charge in [-0.05, 0) is 57.1 Å². The average molecular weight is 583 g/mol. The number of hydrogen-bond donors (Lipinski definition) is 5. The summed E-state index contributed by atoms with van der Waals surface area (Å²) in [7, 11) is 7.58. The highest BCUT2D eigenvalue weighted by Crippen LogP contribution is 2.54. The van der Waals surface area contributed by atoms with Crippen LogP contribution >= 0.6 is 0 Å². The van der Waals surface area contributed by atoms with Gasteiger partial charge in [-0.1, -0.05) is 0 Å². The molecular formula is C27H33F3N4O7. The van der Waals surface area contributed by atoms with Crippen LogP contribution in [0.3, 0.4) is 0 Å². The molecule has 1 aromatic carbocycles. The number of Topliss-reactive ketones (excluding diaryl/α,β-unsaturated/α-hetero) is 2. The van der Waals surface area contributed by atoms with E-state index in [2.05, 4.69) is 0 Å². The van der Waals surface area contributed by atoms with E-state index in [9.17, 15) is 48.0 Å². The summed E-state index contributed by atoms with van der Waals surface area (Å²) in [6, 6.07) is -0.0103. The van der Waals surface area contributed by atoms with E-state index >= 15 is 0 Å². The first-order valence-corrected chi connectivity index (χ1v) is 12.8. The number of halogens is 3. The highest BCUT2D eigenvalue weighted by atomic mass is 19.4. The molecule has 0 saturated heterocycles. The standard InChI is InChI=1S/C27H33F3N4O7/c1-32(2)19-12(9-34(5)10-26(28,29)30)8-15(35)17-13(19)6-11-7-14-20(33(3)4)22(37)18(25(31)40)24(39)27(14,41)23(38)16(11)21(17)36/h8,11,14,20,35-36,39,41H,6-7,9-10H2,1-5H3,(H2,31,40)/t11-,14-,20-,27-/m0/s1. The lowest BCUT2D eigenvalue weighted by atomic mass is 9.57. The van der Waals surface area contributed by atoms with Crippen LogP contribution in [-0.4, -0.2) is 107 Å². The Morgan fingerprint density at radius 2 is 1.73 bits per heavy atom. The van der Waals surface area contributed by atoms with Gasteiger partial charge in [0.25, 0.3) is 5.91 Å². The van der Waals surface area contributed by atoms with Gasteiger partial charge < -0.3 is 31.1 Å². The SMILES string of the molecule is CN(Cc1cc(O)c2c(c1N(C)C)C[C@H]1C[C@H]3[C@H](N(C)C)C(=O)C(C(N)=O)=C(O)[C@@]3(O)C(=O)C1=C2O)CC(F)(F)F. The van der Waals surface area contributed by atoms with Gasteiger partial charge in [0, 0.05) is 37.8 Å². The molecule has 1 saturated carbocycles. The molecule has 0 heterocycles. The number of ketones is 2. The number of phenols is 1. The van der Waals surface area contributed by atoms with Crippen molar-refractivity contribution in [3.05, 3.63) is 39.7 Å². The average Bonchev–Trinajstić information content (AvgIpc) is 2.79. The van der Waals surface area contributed by atoms with Gasteiger partial charge in [0.15, 0.2) is 11.4 Å². The number of aromatic hydroxyl groups is 1. The number of anilines is 1. The first-order chi connectivity index (χ1) is 18.8. The number of likely N-dealkylation sites (N-methyl/N-ethyl adjacent to an activating group) is 1. The third-order valence-electron chi connectivity index (χ3n) is 8.11. The van der Waals surface area contributed by atoms with E-state index in [1.54, 1.807) is 19.0 Å². The van der Waals surface area contributed by atoms with Crippen molar-refractivity contribution >= 4 is 28.9 Å². The maximum Gasteiger partial charge on any atom is 0.401 e. The highest BCUT2D eigenvalue weighted by Gasteiger charge is 2.64. The molecule has 1 amide bonds. The summed E-state index contributed by atoms with van der Waals surface area (Å²) in [5, 5.41) is 44.9. The number of rotatable bonds is 6. The molecule has 41 heavy (non-hydrogen) atoms. The number of carbonyl (C=O) groups excluding carboxylic acids is 3. The predicted molar refractivity (Wildman–Crippen MR) is 141 cm³/mol. The molecule has 0 aliphatic heterocycles. The number of amides is 1. The lowest BCUT2D eigenvalue weighted by Gasteiger charge is -2.50. The number of fused-ring (bicyclic) bond motifs is 3. The smallest absolute Gasteiger partial charge is 0.401 e. The molecular weight excluding hydrogens is 549 g/mol. The molecule has 1 aromatic rings. The van der Waals surface area contributed by atoms with Crippen molar-refractivity contribution in [1.29, 1.82) is 0 Å². The quantitative estimate of drug-likeness (QED) is 0.306. The molecule has 0 bridgehead atoms. The van der Waals surface area contributed by atoms with E-state index in [0.29, 0.717) is 16.8 Å². The monoisotopic (exact) mass is 582 g/mol. The molecule has 3 aliphatic carbocycles. The second-order valence-electron chi connectivity index (χ2n) is 11.4. The zero-order chi connectivity index (χ0) is 30.9. The van der Waals surface area contributed by atoms with Gasteiger partial charge in [0.1, 0.15) is 22.8 Å². The van der Waals surface area contributed by atoms with Crippen molar-refractivity contribution in [1.82, 2.24) is 9.80 Å². The van der Waals surface area contributed by atoms with E-state index in [-0.39, 0.29) is 30.5 Å². The molecule has 0 unspecified atom stereocenters. The van der Waals surface area contributed by atoms with Crippen LogP contribution in [0.1, 0.15) is 23.1 Å². The molecule has 3 aliphatic rings. The number of carbonyl (C=O) groups is 3. The summed E-state index contributed by atoms with van der Waals surface area (Å²) in [6.45, 7) is -1.39. The molecule has 1 fully saturated rings. The molecule has 224 valence electrons. The molecule has 4 rings (SSSR count). The Morgan fingerprint density at radius 1 is 1.12 bits per heavy atom. The zero-order valence-corrected chi connectivity index (χ0v) is 23.2. The number of benzene rings is 1. The fourth-order valence-electron chi connectivity index (χ4n) is 6.70. The van der Waals surface area contributed by atoms with Crippen molar-refractivity contribution in [2.45, 2.75) is 37.2 Å². The van der Waals surface area contributed by atoms with Crippen LogP contribution in [0, 0.1) is 11.8 Å². The van der Waals surface area contributed by atoms with Gasteiger partial charge in [0.05, 0.1) is 18.2 Å². The summed E-state index contributed by atoms with van der Waals surface area (Å²) in [5.41, 5.74) is 2.37. The molecule has 0 aromatic heterocycles. The second kappa shape index (κ2) is 10.0. The van der Waals surface area contributed by atoms with Gasteiger partial charge in [-0.2, -0.15) is 13.2 Å². The topological polar surface area (TPSA) is 168 Å². The number of phenolic OH excluding ortho intramolecular Hbond substituents is 1. The molecule has 11 nitrogen and oxygen atoms in total. The van der Waals surface area contributed by atoms with Gasteiger partial charge >= 0.3 is 6.18 Å². The first-order valence-electron chi connectivity index (χ1n) is 12.8. The lowest BCUT2D eigenvalue weighted by molar-refractivity contribution is -0.153. The maximum absolute atomic E-state index is 13.9. The minimum atomic E-state index is -4.45. The molecule has 0 radical (unpaired) electrons. The number of alkyl halides is 3. The third-order valence-corrected chi connectivity index (χ3v) is 8.11. The Hall–Kier alpha value is -3.62. The van der Waals surface area contributed by atoms with Crippen LogP contribution in [0.15, 0.2) is 23.0 Å². The third kappa shape index (κ3) is 4.73. The van der Waals surface area contributed by atoms with Crippen LogP contribution in [-0.2, 0) is 27.3 Å². The van der Waals surface area contributed by atoms with E-state index in [0.717, 1.165) is 4.90 Å². The summed E-state index contributed by atoms with van der Waals surface area (Å²) < 4.78 is 39.0. The van der Waals surface area contributed by atoms with Crippen LogP contribution in [0.4, 0.5) is 18.9 Å². The van der Waals surface area contributed by atoms with E-state index in [1.807, 2.05) is 0 Å². The first kappa shape index (κ1) is 30.3. The number of aliphatic hydroxyl groups is 3. The molecule has 14 heteroatoms. The summed E-state index contributed by atoms with van der Waals surface area (Å²) in [6.07, 6.45) is -4.53. The minimum Gasteiger partial charge on any atom is -0.508 e. The zero-order valence-electron chi connectivity index (χ0n) is 23.2. The van der Waals surface area contributed by atoms with Gasteiger partial charge in [0.2, 0.25) is 5.78 Å². The van der Waals surface area contributed by atoms with Crippen LogP contribution in [0.5, 0.6) is 5.75 Å². The Morgan fingerprint density at radius 3 is 2.24 bits per heavy atom. The van der Waals surface area contributed by atoms with Crippen molar-refractivity contribution in [3.8, 4) is 5.75 Å². The molecule has 0 spiro atoms. The van der Waals surface area contributed by atoms with Gasteiger partial charge in [-0.15, -0.1) is 0 Å².